The minimum Gasteiger partial charge on any atom is -0.478 e. The average Bonchev–Trinajstić information content (AvgIpc) is 2.78. The molecule has 1 aromatic carbocycles. The van der Waals surface area contributed by atoms with Crippen LogP contribution in [-0.4, -0.2) is 34.7 Å². The van der Waals surface area contributed by atoms with Gasteiger partial charge in [0.1, 0.15) is 0 Å². The minimum absolute atomic E-state index is 0.148. The number of carboxylic acid groups (broad SMARTS) is 2. The maximum absolute atomic E-state index is 12.2. The molecule has 0 heterocycles. The highest BCUT2D eigenvalue weighted by atomic mass is 16.5. The third-order valence-corrected chi connectivity index (χ3v) is 5.50. The number of carbonyl (C=O) groups excluding carboxylic acids is 1. The molecule has 0 radical (unpaired) electrons. The van der Waals surface area contributed by atoms with Crippen LogP contribution in [0.3, 0.4) is 0 Å². The van der Waals surface area contributed by atoms with E-state index in [-0.39, 0.29) is 23.3 Å². The normalized spacial score (nSPS) is 10.6. The highest BCUT2D eigenvalue weighted by molar-refractivity contribution is 6.04. The molecule has 0 unspecified atom stereocenters. The van der Waals surface area contributed by atoms with E-state index in [9.17, 15) is 19.5 Å². The smallest absolute Gasteiger partial charge is 0.339 e. The third kappa shape index (κ3) is 11.7. The van der Waals surface area contributed by atoms with E-state index in [1.165, 1.54) is 64.2 Å². The number of unbranched alkanes of at least 4 members (excludes halogenated alkanes) is 13. The van der Waals surface area contributed by atoms with Crippen molar-refractivity contribution < 1.29 is 29.3 Å². The zero-order chi connectivity index (χ0) is 23.6. The van der Waals surface area contributed by atoms with Crippen molar-refractivity contribution >= 4 is 17.9 Å². The molecule has 0 fully saturated rings. The molecule has 6 nitrogen and oxygen atoms in total. The number of allylic oxidation sites excluding steroid dienone is 1. The Morgan fingerprint density at radius 3 is 1.69 bits per heavy atom. The van der Waals surface area contributed by atoms with Crippen LogP contribution in [0.4, 0.5) is 0 Å². The topological polar surface area (TPSA) is 101 Å². The van der Waals surface area contributed by atoms with Crippen LogP contribution in [0.1, 0.15) is 121 Å². The number of aromatic carboxylic acids is 2. The molecule has 0 bridgehead atoms. The van der Waals surface area contributed by atoms with Crippen LogP contribution >= 0.6 is 0 Å². The lowest BCUT2D eigenvalue weighted by molar-refractivity contribution is 0.0487. The molecule has 0 aliphatic carbocycles. The third-order valence-electron chi connectivity index (χ3n) is 5.50. The largest absolute Gasteiger partial charge is 0.478 e. The lowest BCUT2D eigenvalue weighted by Crippen LogP contribution is -2.14. The van der Waals surface area contributed by atoms with Crippen molar-refractivity contribution in [2.75, 3.05) is 6.61 Å². The minimum atomic E-state index is -1.29. The Bertz CT molecular complexity index is 725. The number of ether oxygens (including phenoxy) is 1. The van der Waals surface area contributed by atoms with Gasteiger partial charge >= 0.3 is 17.9 Å². The van der Waals surface area contributed by atoms with Gasteiger partial charge in [-0.25, -0.2) is 14.4 Å². The van der Waals surface area contributed by atoms with Gasteiger partial charge in [0.15, 0.2) is 0 Å². The fourth-order valence-corrected chi connectivity index (χ4v) is 3.61. The molecule has 32 heavy (non-hydrogen) atoms. The quantitative estimate of drug-likeness (QED) is 0.136. The van der Waals surface area contributed by atoms with Gasteiger partial charge in [0.05, 0.1) is 23.3 Å². The molecule has 0 amide bonds. The van der Waals surface area contributed by atoms with Gasteiger partial charge in [-0.15, -0.1) is 6.58 Å². The Kier molecular flexibility index (Phi) is 14.5. The molecule has 2 N–H and O–H groups in total. The van der Waals surface area contributed by atoms with E-state index >= 15 is 0 Å². The average molecular weight is 447 g/mol. The second-order valence-corrected chi connectivity index (χ2v) is 8.18. The van der Waals surface area contributed by atoms with E-state index < -0.39 is 17.9 Å². The van der Waals surface area contributed by atoms with Crippen molar-refractivity contribution in [1.29, 1.82) is 0 Å². The van der Waals surface area contributed by atoms with Gasteiger partial charge in [0, 0.05) is 0 Å². The summed E-state index contributed by atoms with van der Waals surface area (Å²) in [6.07, 6.45) is 18.7. The maximum Gasteiger partial charge on any atom is 0.339 e. The summed E-state index contributed by atoms with van der Waals surface area (Å²) in [5.41, 5.74) is -0.632. The van der Waals surface area contributed by atoms with Gasteiger partial charge in [-0.1, -0.05) is 76.7 Å². The van der Waals surface area contributed by atoms with Crippen LogP contribution in [0, 0.1) is 0 Å². The molecule has 0 aliphatic heterocycles. The summed E-state index contributed by atoms with van der Waals surface area (Å²) >= 11 is 0. The Hall–Kier alpha value is -2.63. The van der Waals surface area contributed by atoms with Crippen molar-refractivity contribution in [1.82, 2.24) is 0 Å². The molecular weight excluding hydrogens is 408 g/mol. The number of carbonyl (C=O) groups is 3. The zero-order valence-corrected chi connectivity index (χ0v) is 19.2. The van der Waals surface area contributed by atoms with Gasteiger partial charge in [-0.2, -0.15) is 0 Å². The molecule has 1 rings (SSSR count). The van der Waals surface area contributed by atoms with Crippen LogP contribution < -0.4 is 0 Å². The first-order valence-corrected chi connectivity index (χ1v) is 11.9. The number of rotatable bonds is 19. The molecule has 0 aliphatic rings. The first kappa shape index (κ1) is 27.4. The second kappa shape index (κ2) is 17.0. The number of benzene rings is 1. The molecule has 1 aromatic rings. The summed E-state index contributed by atoms with van der Waals surface area (Å²) in [5.74, 6) is -3.32. The molecule has 0 atom stereocenters. The van der Waals surface area contributed by atoms with Crippen LogP contribution in [0.15, 0.2) is 30.9 Å². The Labute approximate surface area is 191 Å². The summed E-state index contributed by atoms with van der Waals surface area (Å²) in [5, 5.41) is 18.2. The summed E-state index contributed by atoms with van der Waals surface area (Å²) in [4.78, 5) is 34.6. The Morgan fingerprint density at radius 2 is 1.22 bits per heavy atom. The standard InChI is InChI=1S/C26H38O6/c1-2-3-4-5-6-7-8-9-10-11-12-13-14-15-16-19-32-26(31)23-20-21(24(27)28)17-18-22(23)25(29)30/h2,17-18,20H,1,3-16,19H2,(H,27,28)(H,29,30). The summed E-state index contributed by atoms with van der Waals surface area (Å²) in [6.45, 7) is 3.94. The second-order valence-electron chi connectivity index (χ2n) is 8.18. The highest BCUT2D eigenvalue weighted by Crippen LogP contribution is 2.16. The zero-order valence-electron chi connectivity index (χ0n) is 19.2. The van der Waals surface area contributed by atoms with Gasteiger partial charge in [0.2, 0.25) is 0 Å². The SMILES string of the molecule is C=CCCCCCCCCCCCCCCCOC(=O)c1cc(C(=O)O)ccc1C(=O)O. The van der Waals surface area contributed by atoms with Crippen LogP contribution in [-0.2, 0) is 4.74 Å². The van der Waals surface area contributed by atoms with E-state index in [4.69, 9.17) is 9.84 Å². The van der Waals surface area contributed by atoms with E-state index in [1.54, 1.807) is 0 Å². The van der Waals surface area contributed by atoms with Crippen LogP contribution in [0.25, 0.3) is 0 Å². The van der Waals surface area contributed by atoms with Gasteiger partial charge < -0.3 is 14.9 Å². The molecule has 0 saturated heterocycles. The number of carboxylic acids is 2. The number of hydrogen-bond acceptors (Lipinski definition) is 4. The number of esters is 1. The molecule has 0 aromatic heterocycles. The van der Waals surface area contributed by atoms with Crippen LogP contribution in [0.2, 0.25) is 0 Å². The van der Waals surface area contributed by atoms with Crippen molar-refractivity contribution in [3.8, 4) is 0 Å². The predicted molar refractivity (Wildman–Crippen MR) is 125 cm³/mol. The first-order chi connectivity index (χ1) is 15.5. The molecule has 6 heteroatoms. The molecule has 0 saturated carbocycles. The van der Waals surface area contributed by atoms with Crippen molar-refractivity contribution in [2.24, 2.45) is 0 Å². The summed E-state index contributed by atoms with van der Waals surface area (Å²) in [6, 6.07) is 3.33. The summed E-state index contributed by atoms with van der Waals surface area (Å²) < 4.78 is 5.17. The molecule has 0 spiro atoms. The monoisotopic (exact) mass is 446 g/mol. The van der Waals surface area contributed by atoms with Crippen LogP contribution in [0.5, 0.6) is 0 Å². The van der Waals surface area contributed by atoms with Crippen molar-refractivity contribution in [3.05, 3.63) is 47.5 Å². The van der Waals surface area contributed by atoms with Gasteiger partial charge in [-0.05, 0) is 37.5 Å². The fourth-order valence-electron chi connectivity index (χ4n) is 3.61. The lowest BCUT2D eigenvalue weighted by Gasteiger charge is -2.08. The van der Waals surface area contributed by atoms with Crippen molar-refractivity contribution in [2.45, 2.75) is 89.9 Å². The maximum atomic E-state index is 12.2. The molecule has 178 valence electrons. The lowest BCUT2D eigenvalue weighted by atomic mass is 10.0. The summed E-state index contributed by atoms with van der Waals surface area (Å²) in [7, 11) is 0. The highest BCUT2D eigenvalue weighted by Gasteiger charge is 2.20. The van der Waals surface area contributed by atoms with Crippen molar-refractivity contribution in [3.63, 3.8) is 0 Å². The number of hydrogen-bond donors (Lipinski definition) is 2. The van der Waals surface area contributed by atoms with E-state index in [0.29, 0.717) is 6.42 Å². The van der Waals surface area contributed by atoms with E-state index in [2.05, 4.69) is 6.58 Å². The van der Waals surface area contributed by atoms with E-state index in [1.807, 2.05) is 6.08 Å². The predicted octanol–water partition coefficient (Wildman–Crippen LogP) is 6.89. The first-order valence-electron chi connectivity index (χ1n) is 11.9. The van der Waals surface area contributed by atoms with Gasteiger partial charge in [0.25, 0.3) is 0 Å². The molecular formula is C26H38O6. The van der Waals surface area contributed by atoms with Gasteiger partial charge in [-0.3, -0.25) is 0 Å². The van der Waals surface area contributed by atoms with E-state index in [0.717, 1.165) is 37.5 Å². The fraction of sp³-hybridized carbons (Fsp3) is 0.577. The Morgan fingerprint density at radius 1 is 0.719 bits per heavy atom. The Balaban J connectivity index is 2.09.